The standard InChI is InChI=1S/C25H28F3N2O4/c1-24(2,3)34-22(32)19(15-9-14-17-10-7-8-11-17)29-21(31)20(30-23(33)25(26,27)28)16-18-12-5-4-6-13-18/h4-14,19-20H,15-16H2,1-3H3,(H,29,31)(H,30,33)/b14-9+/t19-,20+/m1/s1. The summed E-state index contributed by atoms with van der Waals surface area (Å²) in [6, 6.07) is 5.55. The third-order valence-corrected chi connectivity index (χ3v) is 4.54. The van der Waals surface area contributed by atoms with Gasteiger partial charge in [-0.1, -0.05) is 42.5 Å². The summed E-state index contributed by atoms with van der Waals surface area (Å²) in [6.45, 7) is 4.97. The van der Waals surface area contributed by atoms with Crippen molar-refractivity contribution in [1.29, 1.82) is 0 Å². The van der Waals surface area contributed by atoms with Crippen LogP contribution in [0.2, 0.25) is 0 Å². The highest BCUT2D eigenvalue weighted by molar-refractivity contribution is 5.92. The number of ether oxygens (including phenoxy) is 1. The number of carbonyl (C=O) groups excluding carboxylic acids is 3. The van der Waals surface area contributed by atoms with Crippen molar-refractivity contribution in [2.75, 3.05) is 0 Å². The maximum absolute atomic E-state index is 13.0. The fourth-order valence-corrected chi connectivity index (χ4v) is 3.00. The minimum absolute atomic E-state index is 0.0388. The van der Waals surface area contributed by atoms with E-state index < -0.39 is 41.6 Å². The molecule has 1 aliphatic carbocycles. The highest BCUT2D eigenvalue weighted by Crippen LogP contribution is 2.24. The van der Waals surface area contributed by atoms with Gasteiger partial charge in [-0.2, -0.15) is 13.2 Å². The highest BCUT2D eigenvalue weighted by atomic mass is 19.4. The Balaban J connectivity index is 2.18. The number of hydrogen-bond acceptors (Lipinski definition) is 4. The molecule has 6 nitrogen and oxygen atoms in total. The molecule has 0 aliphatic heterocycles. The number of alkyl halides is 3. The first-order chi connectivity index (χ1) is 15.8. The molecule has 0 aromatic heterocycles. The Morgan fingerprint density at radius 1 is 0.971 bits per heavy atom. The topological polar surface area (TPSA) is 84.5 Å². The Bertz CT molecular complexity index is 857. The zero-order valence-corrected chi connectivity index (χ0v) is 19.2. The van der Waals surface area contributed by atoms with Gasteiger partial charge in [-0.25, -0.2) is 4.79 Å². The van der Waals surface area contributed by atoms with Crippen molar-refractivity contribution < 1.29 is 32.3 Å². The maximum atomic E-state index is 13.0. The molecule has 2 N–H and O–H groups in total. The van der Waals surface area contributed by atoms with E-state index >= 15 is 0 Å². The number of rotatable bonds is 9. The first-order valence-corrected chi connectivity index (χ1v) is 10.7. The van der Waals surface area contributed by atoms with Crippen molar-refractivity contribution in [2.45, 2.75) is 57.5 Å². The summed E-state index contributed by atoms with van der Waals surface area (Å²) in [5, 5.41) is 4.18. The normalized spacial score (nSPS) is 16.8. The van der Waals surface area contributed by atoms with Crippen LogP contribution in [-0.2, 0) is 25.5 Å². The SMILES string of the molecule is CC(C)(C)OC(=O)[C@@H](C/C=C/[C]1[CH][CH][CH][CH]1)NC(=O)[C@H](Cc1ccccc1)NC(=O)C(F)(F)F. The van der Waals surface area contributed by atoms with Crippen LogP contribution in [0.1, 0.15) is 32.8 Å². The second kappa shape index (κ2) is 12.0. The van der Waals surface area contributed by atoms with Gasteiger partial charge in [0.25, 0.3) is 0 Å². The van der Waals surface area contributed by atoms with Crippen LogP contribution in [0.4, 0.5) is 13.2 Å². The minimum atomic E-state index is -5.16. The van der Waals surface area contributed by atoms with Crippen LogP contribution in [0, 0.1) is 31.6 Å². The molecule has 183 valence electrons. The van der Waals surface area contributed by atoms with Gasteiger partial charge in [0.15, 0.2) is 0 Å². The summed E-state index contributed by atoms with van der Waals surface area (Å²) in [5.41, 5.74) is -0.307. The van der Waals surface area contributed by atoms with Crippen molar-refractivity contribution in [3.8, 4) is 0 Å². The summed E-state index contributed by atoms with van der Waals surface area (Å²) in [7, 11) is 0. The summed E-state index contributed by atoms with van der Waals surface area (Å²) in [5.74, 6) is -3.03. The number of amides is 2. The fourth-order valence-electron chi connectivity index (χ4n) is 3.00. The van der Waals surface area contributed by atoms with Crippen LogP contribution in [0.25, 0.3) is 0 Å². The number of hydrogen-bond donors (Lipinski definition) is 2. The van der Waals surface area contributed by atoms with Gasteiger partial charge in [0.05, 0.1) is 0 Å². The van der Waals surface area contributed by atoms with Crippen LogP contribution in [0.15, 0.2) is 42.5 Å². The van der Waals surface area contributed by atoms with Gasteiger partial charge in [-0.05, 0) is 58.4 Å². The van der Waals surface area contributed by atoms with Crippen molar-refractivity contribution in [3.05, 3.63) is 79.6 Å². The van der Waals surface area contributed by atoms with E-state index in [0.717, 1.165) is 5.92 Å². The van der Waals surface area contributed by atoms with Gasteiger partial charge in [0.2, 0.25) is 5.91 Å². The molecule has 34 heavy (non-hydrogen) atoms. The summed E-state index contributed by atoms with van der Waals surface area (Å²) in [4.78, 5) is 37.2. The molecular weight excluding hydrogens is 449 g/mol. The molecule has 2 atom stereocenters. The van der Waals surface area contributed by atoms with Gasteiger partial charge in [0, 0.05) is 12.3 Å². The fraction of sp³-hybridized carbons (Fsp3) is 0.360. The molecule has 1 aliphatic rings. The van der Waals surface area contributed by atoms with Gasteiger partial charge in [-0.15, -0.1) is 0 Å². The molecule has 9 heteroatoms. The predicted octanol–water partition coefficient (Wildman–Crippen LogP) is 3.45. The van der Waals surface area contributed by atoms with Gasteiger partial charge in [0.1, 0.15) is 17.7 Å². The number of allylic oxidation sites excluding steroid dienone is 1. The number of carbonyl (C=O) groups is 3. The molecule has 2 amide bonds. The van der Waals surface area contributed by atoms with Crippen LogP contribution < -0.4 is 10.6 Å². The van der Waals surface area contributed by atoms with Gasteiger partial charge in [-0.3, -0.25) is 9.59 Å². The van der Waals surface area contributed by atoms with E-state index in [9.17, 15) is 27.6 Å². The summed E-state index contributed by atoms with van der Waals surface area (Å²) in [6.07, 6.45) is 5.45. The third kappa shape index (κ3) is 9.57. The van der Waals surface area contributed by atoms with E-state index in [2.05, 4.69) is 5.32 Å². The van der Waals surface area contributed by atoms with E-state index in [1.54, 1.807) is 68.6 Å². The molecule has 0 saturated heterocycles. The smallest absolute Gasteiger partial charge is 0.458 e. The number of halogens is 3. The van der Waals surface area contributed by atoms with Crippen molar-refractivity contribution in [3.63, 3.8) is 0 Å². The molecule has 0 spiro atoms. The molecule has 5 radical (unpaired) electrons. The molecule has 1 aromatic rings. The largest absolute Gasteiger partial charge is 0.471 e. The average molecular weight is 478 g/mol. The maximum Gasteiger partial charge on any atom is 0.471 e. The van der Waals surface area contributed by atoms with Crippen molar-refractivity contribution >= 4 is 17.8 Å². The quantitative estimate of drug-likeness (QED) is 0.534. The molecule has 0 bridgehead atoms. The van der Waals surface area contributed by atoms with Crippen LogP contribution in [0.5, 0.6) is 0 Å². The van der Waals surface area contributed by atoms with E-state index in [4.69, 9.17) is 4.74 Å². The molecule has 0 heterocycles. The monoisotopic (exact) mass is 477 g/mol. The molecule has 1 fully saturated rings. The highest BCUT2D eigenvalue weighted by Gasteiger charge is 2.41. The lowest BCUT2D eigenvalue weighted by molar-refractivity contribution is -0.174. The molecule has 0 unspecified atom stereocenters. The number of nitrogens with one attached hydrogen (secondary N) is 2. The zero-order chi connectivity index (χ0) is 25.4. The average Bonchev–Trinajstić information content (AvgIpc) is 3.24. The summed E-state index contributed by atoms with van der Waals surface area (Å²) >= 11 is 0. The Morgan fingerprint density at radius 2 is 1.59 bits per heavy atom. The minimum Gasteiger partial charge on any atom is -0.458 e. The first-order valence-electron chi connectivity index (χ1n) is 10.7. The third-order valence-electron chi connectivity index (χ3n) is 4.54. The van der Waals surface area contributed by atoms with Crippen molar-refractivity contribution in [1.82, 2.24) is 10.6 Å². The number of esters is 1. The second-order valence-electron chi connectivity index (χ2n) is 8.66. The lowest BCUT2D eigenvalue weighted by Gasteiger charge is -2.26. The first kappa shape index (κ1) is 27.4. The second-order valence-corrected chi connectivity index (χ2v) is 8.66. The Morgan fingerprint density at radius 3 is 2.15 bits per heavy atom. The molecular formula is C25H28F3N2O4. The van der Waals surface area contributed by atoms with Crippen molar-refractivity contribution in [2.24, 2.45) is 0 Å². The molecule has 1 saturated carbocycles. The van der Waals surface area contributed by atoms with Crippen LogP contribution >= 0.6 is 0 Å². The van der Waals surface area contributed by atoms with Gasteiger partial charge < -0.3 is 15.4 Å². The Hall–Kier alpha value is -2.84. The zero-order valence-electron chi connectivity index (χ0n) is 19.2. The van der Waals surface area contributed by atoms with Gasteiger partial charge >= 0.3 is 18.1 Å². The van der Waals surface area contributed by atoms with Crippen LogP contribution in [0.3, 0.4) is 0 Å². The Kier molecular flexibility index (Phi) is 9.70. The van der Waals surface area contributed by atoms with Crippen LogP contribution in [-0.4, -0.2) is 41.6 Å². The predicted molar refractivity (Wildman–Crippen MR) is 120 cm³/mol. The lowest BCUT2D eigenvalue weighted by atomic mass is 10.0. The lowest BCUT2D eigenvalue weighted by Crippen LogP contribution is -2.55. The van der Waals surface area contributed by atoms with E-state index in [1.165, 1.54) is 0 Å². The molecule has 1 aromatic carbocycles. The van der Waals surface area contributed by atoms with E-state index in [0.29, 0.717) is 5.56 Å². The summed E-state index contributed by atoms with van der Waals surface area (Å²) < 4.78 is 44.0. The van der Waals surface area contributed by atoms with E-state index in [-0.39, 0.29) is 12.8 Å². The van der Waals surface area contributed by atoms with E-state index in [1.807, 2.05) is 25.7 Å². The number of benzene rings is 1. The molecule has 2 rings (SSSR count). The Labute approximate surface area is 198 Å².